The van der Waals surface area contributed by atoms with Gasteiger partial charge in [-0.3, -0.25) is 4.79 Å². The maximum absolute atomic E-state index is 14.2. The normalized spacial score (nSPS) is 23.8. The van der Waals surface area contributed by atoms with Crippen LogP contribution in [0.3, 0.4) is 0 Å². The highest BCUT2D eigenvalue weighted by Gasteiger charge is 2.57. The van der Waals surface area contributed by atoms with Gasteiger partial charge in [-0.2, -0.15) is 18.3 Å². The van der Waals surface area contributed by atoms with Gasteiger partial charge in [0.15, 0.2) is 5.60 Å². The van der Waals surface area contributed by atoms with Crippen molar-refractivity contribution in [3.8, 4) is 17.1 Å². The topological polar surface area (TPSA) is 140 Å². The fourth-order valence-corrected chi connectivity index (χ4v) is 5.56. The van der Waals surface area contributed by atoms with Gasteiger partial charge >= 0.3 is 11.0 Å². The lowest BCUT2D eigenvalue weighted by atomic mass is 9.79. The largest absolute Gasteiger partial charge is 0.418 e. The third-order valence-electron chi connectivity index (χ3n) is 6.44. The number of aliphatic hydroxyl groups is 2. The number of aromatic amines is 1. The molecule has 1 aliphatic heterocycles. The van der Waals surface area contributed by atoms with Crippen LogP contribution in [0.4, 0.5) is 17.6 Å². The highest BCUT2D eigenvalue weighted by molar-refractivity contribution is 9.10. The molecule has 3 N–H and O–H groups in total. The molecule has 4 aromatic rings. The Labute approximate surface area is 228 Å². The summed E-state index contributed by atoms with van der Waals surface area (Å²) in [4.78, 5) is 13.9. The van der Waals surface area contributed by atoms with E-state index in [1.807, 2.05) is 0 Å². The molecule has 1 aromatic carbocycles. The fraction of sp³-hybridized carbons (Fsp3) is 0.364. The zero-order valence-corrected chi connectivity index (χ0v) is 22.2. The van der Waals surface area contributed by atoms with Crippen LogP contribution >= 0.6 is 27.3 Å². The van der Waals surface area contributed by atoms with E-state index in [0.29, 0.717) is 11.8 Å². The van der Waals surface area contributed by atoms with Gasteiger partial charge in [0.05, 0.1) is 46.5 Å². The van der Waals surface area contributed by atoms with E-state index in [-0.39, 0.29) is 27.3 Å². The fourth-order valence-electron chi connectivity index (χ4n) is 4.66. The quantitative estimate of drug-likeness (QED) is 0.275. The van der Waals surface area contributed by atoms with Crippen LogP contribution in [0.1, 0.15) is 17.3 Å². The van der Waals surface area contributed by atoms with Crippen molar-refractivity contribution in [1.29, 1.82) is 0 Å². The summed E-state index contributed by atoms with van der Waals surface area (Å²) >= 11 is 3.82. The van der Waals surface area contributed by atoms with E-state index in [1.165, 1.54) is 29.4 Å². The molecule has 5 rings (SSSR count). The number of hydrogen-bond acceptors (Lipinski definition) is 9. The van der Waals surface area contributed by atoms with E-state index in [1.54, 1.807) is 0 Å². The van der Waals surface area contributed by atoms with E-state index in [2.05, 4.69) is 36.3 Å². The second-order valence-corrected chi connectivity index (χ2v) is 10.3. The molecule has 0 radical (unpaired) electrons. The molecular weight excluding hydrogens is 616 g/mol. The minimum atomic E-state index is -4.98. The number of ether oxygens (including phenoxy) is 2. The molecule has 17 heteroatoms. The van der Waals surface area contributed by atoms with Crippen LogP contribution in [0.25, 0.3) is 17.1 Å². The average Bonchev–Trinajstić information content (AvgIpc) is 3.65. The second-order valence-electron chi connectivity index (χ2n) is 8.60. The van der Waals surface area contributed by atoms with Crippen LogP contribution in [0.2, 0.25) is 0 Å². The summed E-state index contributed by atoms with van der Waals surface area (Å²) in [7, 11) is 1.34. The molecule has 1 saturated heterocycles. The zero-order chi connectivity index (χ0) is 28.1. The summed E-state index contributed by atoms with van der Waals surface area (Å²) < 4.78 is 69.1. The smallest absolute Gasteiger partial charge is 0.394 e. The lowest BCUT2D eigenvalue weighted by Crippen LogP contribution is -2.60. The molecule has 0 bridgehead atoms. The number of aliphatic hydroxyl groups excluding tert-OH is 1. The van der Waals surface area contributed by atoms with Crippen molar-refractivity contribution >= 4 is 27.3 Å². The summed E-state index contributed by atoms with van der Waals surface area (Å²) in [6.07, 6.45) is -4.73. The Morgan fingerprint density at radius 1 is 1.38 bits per heavy atom. The summed E-state index contributed by atoms with van der Waals surface area (Å²) in [6, 6.07) is 1.24. The lowest BCUT2D eigenvalue weighted by Gasteiger charge is -2.47. The Morgan fingerprint density at radius 3 is 2.79 bits per heavy atom. The van der Waals surface area contributed by atoms with Gasteiger partial charge in [0.25, 0.3) is 0 Å². The molecule has 0 spiro atoms. The first-order valence-corrected chi connectivity index (χ1v) is 12.8. The Balaban J connectivity index is 1.71. The van der Waals surface area contributed by atoms with Crippen molar-refractivity contribution < 1.29 is 37.2 Å². The van der Waals surface area contributed by atoms with E-state index in [9.17, 15) is 32.6 Å². The molecule has 1 aliphatic rings. The maximum atomic E-state index is 14.2. The van der Waals surface area contributed by atoms with Gasteiger partial charge in [0, 0.05) is 18.7 Å². The van der Waals surface area contributed by atoms with Crippen molar-refractivity contribution in [2.24, 2.45) is 0 Å². The number of hydrogen-bond donors (Lipinski definition) is 3. The van der Waals surface area contributed by atoms with Crippen LogP contribution in [-0.2, 0) is 21.3 Å². The molecule has 0 saturated carbocycles. The number of benzene rings is 1. The summed E-state index contributed by atoms with van der Waals surface area (Å²) in [5, 5.41) is 36.2. The molecule has 1 unspecified atom stereocenters. The predicted molar refractivity (Wildman–Crippen MR) is 131 cm³/mol. The van der Waals surface area contributed by atoms with Crippen LogP contribution in [0.5, 0.6) is 0 Å². The number of aromatic nitrogens is 6. The van der Waals surface area contributed by atoms with Crippen LogP contribution in [-0.4, -0.2) is 72.5 Å². The Hall–Kier alpha value is -2.96. The molecule has 0 amide bonds. The Morgan fingerprint density at radius 2 is 2.15 bits per heavy atom. The molecule has 4 heterocycles. The van der Waals surface area contributed by atoms with E-state index in [0.717, 1.165) is 28.3 Å². The molecule has 208 valence electrons. The van der Waals surface area contributed by atoms with Gasteiger partial charge in [-0.1, -0.05) is 16.6 Å². The Kier molecular flexibility index (Phi) is 7.23. The van der Waals surface area contributed by atoms with Crippen LogP contribution < -0.4 is 4.87 Å². The third kappa shape index (κ3) is 4.72. The molecule has 1 fully saturated rings. The molecule has 3 aromatic heterocycles. The molecule has 11 nitrogen and oxygen atoms in total. The maximum Gasteiger partial charge on any atom is 0.418 e. The van der Waals surface area contributed by atoms with Gasteiger partial charge < -0.3 is 24.7 Å². The first kappa shape index (κ1) is 27.6. The minimum Gasteiger partial charge on any atom is -0.394 e. The third-order valence-corrected chi connectivity index (χ3v) is 7.72. The van der Waals surface area contributed by atoms with Gasteiger partial charge in [-0.25, -0.2) is 13.8 Å². The summed E-state index contributed by atoms with van der Waals surface area (Å²) in [6.45, 7) is -0.865. The number of thiazole rings is 1. The standard InChI is InChI=1S/C22H19BrF4N6O5S/c1-37-16-8-38-18(7-34)21(36,19(16)32-6-13(30-31-32)14-9-39-20(35)29-14)17-2-3-28-33(17)15-5-11(23)12(24)4-10(15)22(25,26)27/h2-6,9,16,18-19,34,36H,7-8H2,1H3,(H,29,35)/t16-,18+,19+,21?/m0/s1. The van der Waals surface area contributed by atoms with Gasteiger partial charge in [-0.15, -0.1) is 5.10 Å². The van der Waals surface area contributed by atoms with Crippen LogP contribution in [0, 0.1) is 5.82 Å². The molecule has 0 aliphatic carbocycles. The monoisotopic (exact) mass is 634 g/mol. The Bertz CT molecular complexity index is 1550. The van der Waals surface area contributed by atoms with Crippen molar-refractivity contribution in [2.75, 3.05) is 20.3 Å². The number of rotatable bonds is 6. The minimum absolute atomic E-state index is 0.122. The van der Waals surface area contributed by atoms with E-state index in [4.69, 9.17) is 9.47 Å². The number of halogens is 5. The summed E-state index contributed by atoms with van der Waals surface area (Å²) in [5.41, 5.74) is -3.87. The number of nitrogens with one attached hydrogen (secondary N) is 1. The van der Waals surface area contributed by atoms with Crippen molar-refractivity contribution in [1.82, 2.24) is 29.8 Å². The van der Waals surface area contributed by atoms with Gasteiger partial charge in [-0.05, 0) is 34.1 Å². The van der Waals surface area contributed by atoms with E-state index >= 15 is 0 Å². The number of alkyl halides is 3. The average molecular weight is 635 g/mol. The first-order valence-electron chi connectivity index (χ1n) is 11.2. The van der Waals surface area contributed by atoms with Gasteiger partial charge in [0.2, 0.25) is 0 Å². The van der Waals surface area contributed by atoms with Crippen molar-refractivity contribution in [3.63, 3.8) is 0 Å². The molecular formula is C22H19BrF4N6O5S. The second kappa shape index (κ2) is 10.2. The van der Waals surface area contributed by atoms with Gasteiger partial charge in [0.1, 0.15) is 29.8 Å². The number of H-pyrrole nitrogens is 1. The lowest BCUT2D eigenvalue weighted by molar-refractivity contribution is -0.236. The predicted octanol–water partition coefficient (Wildman–Crippen LogP) is 2.64. The molecule has 39 heavy (non-hydrogen) atoms. The summed E-state index contributed by atoms with van der Waals surface area (Å²) in [5.74, 6) is -1.15. The number of nitrogens with zero attached hydrogens (tertiary/aromatic N) is 5. The van der Waals surface area contributed by atoms with Crippen molar-refractivity contribution in [3.05, 3.63) is 67.2 Å². The highest BCUT2D eigenvalue weighted by Crippen LogP contribution is 2.46. The molecule has 4 atom stereocenters. The van der Waals surface area contributed by atoms with Crippen LogP contribution in [0.15, 0.2) is 45.2 Å². The number of methoxy groups -OCH3 is 1. The first-order chi connectivity index (χ1) is 18.5. The SMILES string of the molecule is CO[C@H]1CO[C@H](CO)C(O)(c2ccnn2-c2cc(Br)c(F)cc2C(F)(F)F)[C@@H]1n1cc(-c2csc(=O)[nH]2)nn1. The van der Waals surface area contributed by atoms with Crippen molar-refractivity contribution in [2.45, 2.75) is 30.0 Å². The van der Waals surface area contributed by atoms with E-state index < -0.39 is 53.7 Å². The highest BCUT2D eigenvalue weighted by atomic mass is 79.9. The zero-order valence-electron chi connectivity index (χ0n) is 19.8.